The van der Waals surface area contributed by atoms with E-state index in [0.717, 1.165) is 5.56 Å². The van der Waals surface area contributed by atoms with Crippen LogP contribution in [0.4, 0.5) is 5.69 Å². The number of nitrogens with zero attached hydrogens (tertiary/aromatic N) is 3. The van der Waals surface area contributed by atoms with E-state index in [-0.39, 0.29) is 17.2 Å². The van der Waals surface area contributed by atoms with Crippen LogP contribution in [0.15, 0.2) is 35.5 Å². The summed E-state index contributed by atoms with van der Waals surface area (Å²) in [6, 6.07) is 12.3. The maximum atomic E-state index is 11.3. The van der Waals surface area contributed by atoms with E-state index in [1.165, 1.54) is 0 Å². The molecule has 0 atom stereocenters. The third-order valence-electron chi connectivity index (χ3n) is 2.76. The fourth-order valence-electron chi connectivity index (χ4n) is 1.65. The minimum absolute atomic E-state index is 0.0874. The second-order valence-electron chi connectivity index (χ2n) is 4.04. The molecule has 6 heteroatoms. The molecule has 6 nitrogen and oxygen atoms in total. The van der Waals surface area contributed by atoms with Gasteiger partial charge in [-0.25, -0.2) is 0 Å². The number of benzene rings is 1. The molecule has 1 amide bonds. The van der Waals surface area contributed by atoms with Crippen molar-refractivity contribution < 1.29 is 4.79 Å². The number of carbonyl (C=O) groups excluding carboxylic acids is 1. The first-order chi connectivity index (χ1) is 10.2. The molecule has 0 radical (unpaired) electrons. The molecule has 21 heavy (non-hydrogen) atoms. The van der Waals surface area contributed by atoms with E-state index in [9.17, 15) is 4.79 Å². The molecule has 0 aliphatic carbocycles. The zero-order valence-corrected chi connectivity index (χ0v) is 11.5. The zero-order chi connectivity index (χ0) is 15.7. The number of anilines is 1. The largest absolute Gasteiger partial charge is 0.359 e. The van der Waals surface area contributed by atoms with Gasteiger partial charge in [-0.2, -0.15) is 15.8 Å². The highest BCUT2D eigenvalue weighted by molar-refractivity contribution is 5.76. The summed E-state index contributed by atoms with van der Waals surface area (Å²) in [5.74, 6) is -0.0874. The van der Waals surface area contributed by atoms with Crippen molar-refractivity contribution in [3.63, 3.8) is 0 Å². The average molecular weight is 279 g/mol. The molecule has 104 valence electrons. The first-order valence-corrected chi connectivity index (χ1v) is 6.16. The summed E-state index contributed by atoms with van der Waals surface area (Å²) < 4.78 is 0. The van der Waals surface area contributed by atoms with Crippen LogP contribution in [-0.4, -0.2) is 13.0 Å². The van der Waals surface area contributed by atoms with Crippen LogP contribution < -0.4 is 10.6 Å². The highest BCUT2D eigenvalue weighted by atomic mass is 16.1. The van der Waals surface area contributed by atoms with E-state index in [1.54, 1.807) is 37.4 Å². The van der Waals surface area contributed by atoms with Crippen LogP contribution in [0.25, 0.3) is 0 Å². The normalized spacial score (nSPS) is 8.67. The minimum Gasteiger partial charge on any atom is -0.359 e. The minimum atomic E-state index is -0.279. The Labute approximate surface area is 122 Å². The van der Waals surface area contributed by atoms with E-state index >= 15 is 0 Å². The Kier molecular flexibility index (Phi) is 5.99. The highest BCUT2D eigenvalue weighted by Crippen LogP contribution is 2.19. The first-order valence-electron chi connectivity index (χ1n) is 6.16. The number of allylic oxidation sites excluding steroid dienone is 2. The van der Waals surface area contributed by atoms with Crippen LogP contribution in [0, 0.1) is 34.0 Å². The van der Waals surface area contributed by atoms with E-state index in [1.807, 2.05) is 12.1 Å². The number of aryl methyl sites for hydroxylation is 1. The van der Waals surface area contributed by atoms with Crippen molar-refractivity contribution in [1.82, 2.24) is 5.32 Å². The van der Waals surface area contributed by atoms with Crippen LogP contribution in [-0.2, 0) is 11.2 Å². The van der Waals surface area contributed by atoms with Crippen molar-refractivity contribution in [3.05, 3.63) is 41.1 Å². The number of nitrogens with one attached hydrogen (secondary N) is 2. The number of carbonyl (C=O) groups is 1. The van der Waals surface area contributed by atoms with Gasteiger partial charge in [-0.05, 0) is 18.1 Å². The summed E-state index contributed by atoms with van der Waals surface area (Å²) in [6.45, 7) is 0. The summed E-state index contributed by atoms with van der Waals surface area (Å²) in [5.41, 5.74) is 1.04. The van der Waals surface area contributed by atoms with E-state index in [4.69, 9.17) is 15.8 Å². The molecule has 0 saturated heterocycles. The molecule has 0 bridgehead atoms. The lowest BCUT2D eigenvalue weighted by Crippen LogP contribution is -2.18. The predicted octanol–water partition coefficient (Wildman–Crippen LogP) is 1.60. The van der Waals surface area contributed by atoms with Crippen molar-refractivity contribution in [2.45, 2.75) is 12.8 Å². The molecule has 0 heterocycles. The standard InChI is InChI=1S/C15H13N5O/c1-19-15(21)7-6-11-4-2-3-5-13(11)20-14(10-18)12(8-16)9-17/h2-5,20H,6-7H2,1H3,(H,19,21). The van der Waals surface area contributed by atoms with Gasteiger partial charge < -0.3 is 10.6 Å². The molecule has 0 spiro atoms. The number of amides is 1. The number of hydrogen-bond donors (Lipinski definition) is 2. The Morgan fingerprint density at radius 1 is 1.14 bits per heavy atom. The van der Waals surface area contributed by atoms with E-state index < -0.39 is 0 Å². The van der Waals surface area contributed by atoms with Gasteiger partial charge in [0.2, 0.25) is 5.91 Å². The molecule has 0 aromatic heterocycles. The smallest absolute Gasteiger partial charge is 0.220 e. The van der Waals surface area contributed by atoms with Gasteiger partial charge in [-0.1, -0.05) is 18.2 Å². The lowest BCUT2D eigenvalue weighted by Gasteiger charge is -2.10. The topological polar surface area (TPSA) is 112 Å². The molecule has 1 aromatic carbocycles. The van der Waals surface area contributed by atoms with Gasteiger partial charge in [0.25, 0.3) is 0 Å². The summed E-state index contributed by atoms with van der Waals surface area (Å²) >= 11 is 0. The third-order valence-corrected chi connectivity index (χ3v) is 2.76. The third kappa shape index (κ3) is 4.38. The molecule has 2 N–H and O–H groups in total. The van der Waals surface area contributed by atoms with Crippen molar-refractivity contribution >= 4 is 11.6 Å². The quantitative estimate of drug-likeness (QED) is 0.795. The molecule has 0 aliphatic heterocycles. The van der Waals surface area contributed by atoms with Crippen LogP contribution >= 0.6 is 0 Å². The SMILES string of the molecule is CNC(=O)CCc1ccccc1NC(C#N)=C(C#N)C#N. The maximum absolute atomic E-state index is 11.3. The molecular weight excluding hydrogens is 266 g/mol. The molecular formula is C15H13N5O. The summed E-state index contributed by atoms with van der Waals surface area (Å²) in [7, 11) is 1.56. The van der Waals surface area contributed by atoms with E-state index in [2.05, 4.69) is 10.6 Å². The number of para-hydroxylation sites is 1. The Hall–Kier alpha value is -3.30. The van der Waals surface area contributed by atoms with Gasteiger partial charge in [0.05, 0.1) is 0 Å². The predicted molar refractivity (Wildman–Crippen MR) is 76.3 cm³/mol. The van der Waals surface area contributed by atoms with Crippen molar-refractivity contribution in [2.75, 3.05) is 12.4 Å². The average Bonchev–Trinajstić information content (AvgIpc) is 2.53. The van der Waals surface area contributed by atoms with Crippen molar-refractivity contribution in [2.24, 2.45) is 0 Å². The molecule has 0 saturated carbocycles. The molecule has 1 aromatic rings. The molecule has 0 unspecified atom stereocenters. The Balaban J connectivity index is 3.03. The van der Waals surface area contributed by atoms with Crippen LogP contribution in [0.1, 0.15) is 12.0 Å². The molecule has 0 fully saturated rings. The number of hydrogen-bond acceptors (Lipinski definition) is 5. The summed E-state index contributed by atoms with van der Waals surface area (Å²) in [4.78, 5) is 11.3. The monoisotopic (exact) mass is 279 g/mol. The Morgan fingerprint density at radius 3 is 2.38 bits per heavy atom. The second kappa shape index (κ2) is 7.99. The van der Waals surface area contributed by atoms with Gasteiger partial charge in [-0.3, -0.25) is 4.79 Å². The molecule has 1 rings (SSSR count). The fraction of sp³-hybridized carbons (Fsp3) is 0.200. The lowest BCUT2D eigenvalue weighted by atomic mass is 10.1. The van der Waals surface area contributed by atoms with Crippen LogP contribution in [0.3, 0.4) is 0 Å². The van der Waals surface area contributed by atoms with Crippen molar-refractivity contribution in [3.8, 4) is 18.2 Å². The maximum Gasteiger partial charge on any atom is 0.220 e. The lowest BCUT2D eigenvalue weighted by molar-refractivity contribution is -0.120. The number of nitriles is 3. The zero-order valence-electron chi connectivity index (χ0n) is 11.5. The van der Waals surface area contributed by atoms with Gasteiger partial charge in [0.1, 0.15) is 23.9 Å². The van der Waals surface area contributed by atoms with Crippen LogP contribution in [0.5, 0.6) is 0 Å². The first kappa shape index (κ1) is 15.8. The summed E-state index contributed by atoms with van der Waals surface area (Å²) in [5, 5.41) is 32.0. The Morgan fingerprint density at radius 2 is 1.81 bits per heavy atom. The highest BCUT2D eigenvalue weighted by Gasteiger charge is 2.09. The molecule has 0 aliphatic rings. The van der Waals surface area contributed by atoms with Gasteiger partial charge in [0.15, 0.2) is 5.57 Å². The number of rotatable bonds is 5. The van der Waals surface area contributed by atoms with Gasteiger partial charge in [0, 0.05) is 19.2 Å². The fourth-order valence-corrected chi connectivity index (χ4v) is 1.65. The van der Waals surface area contributed by atoms with Gasteiger partial charge >= 0.3 is 0 Å². The second-order valence-corrected chi connectivity index (χ2v) is 4.04. The van der Waals surface area contributed by atoms with Gasteiger partial charge in [-0.15, -0.1) is 0 Å². The Bertz CT molecular complexity index is 669. The van der Waals surface area contributed by atoms with Crippen molar-refractivity contribution in [1.29, 1.82) is 15.8 Å². The summed E-state index contributed by atoms with van der Waals surface area (Å²) in [6.07, 6.45) is 0.792. The van der Waals surface area contributed by atoms with E-state index in [0.29, 0.717) is 18.5 Å². The van der Waals surface area contributed by atoms with Crippen LogP contribution in [0.2, 0.25) is 0 Å².